The summed E-state index contributed by atoms with van der Waals surface area (Å²) in [6.45, 7) is 5.08. The molecule has 0 saturated carbocycles. The molecule has 0 spiro atoms. The highest BCUT2D eigenvalue weighted by molar-refractivity contribution is 7.92. The highest BCUT2D eigenvalue weighted by atomic mass is 32.2. The maximum atomic E-state index is 13.0. The van der Waals surface area contributed by atoms with Crippen LogP contribution in [-0.2, 0) is 14.8 Å². The average Bonchev–Trinajstić information content (AvgIpc) is 2.73. The van der Waals surface area contributed by atoms with Gasteiger partial charge in [-0.05, 0) is 60.4 Å². The molecule has 0 radical (unpaired) electrons. The summed E-state index contributed by atoms with van der Waals surface area (Å²) in [6.07, 6.45) is 3.15. The van der Waals surface area contributed by atoms with Crippen LogP contribution in [0.25, 0.3) is 0 Å². The summed E-state index contributed by atoms with van der Waals surface area (Å²) in [4.78, 5) is 26.0. The molecule has 1 unspecified atom stereocenters. The lowest BCUT2D eigenvalue weighted by molar-refractivity contribution is -0.118. The molecule has 3 N–H and O–H groups in total. The lowest BCUT2D eigenvalue weighted by atomic mass is 9.87. The first-order valence-electron chi connectivity index (χ1n) is 10.8. The van der Waals surface area contributed by atoms with Crippen molar-refractivity contribution in [1.29, 1.82) is 0 Å². The van der Waals surface area contributed by atoms with Crippen LogP contribution < -0.4 is 10.5 Å². The Morgan fingerprint density at radius 2 is 1.75 bits per heavy atom. The van der Waals surface area contributed by atoms with Crippen LogP contribution in [0.1, 0.15) is 65.1 Å². The first kappa shape index (κ1) is 23.8. The molecule has 2 aromatic rings. The van der Waals surface area contributed by atoms with Crippen molar-refractivity contribution in [3.8, 4) is 0 Å². The van der Waals surface area contributed by atoms with E-state index in [1.54, 1.807) is 25.1 Å². The number of anilines is 1. The smallest absolute Gasteiger partial charge is 0.253 e. The molecule has 3 rings (SSSR count). The van der Waals surface area contributed by atoms with E-state index in [1.807, 2.05) is 11.8 Å². The second-order valence-corrected chi connectivity index (χ2v) is 10.5. The molecule has 0 bridgehead atoms. The van der Waals surface area contributed by atoms with Gasteiger partial charge in [-0.3, -0.25) is 14.3 Å². The van der Waals surface area contributed by atoms with Crippen LogP contribution in [-0.4, -0.2) is 44.5 Å². The van der Waals surface area contributed by atoms with Gasteiger partial charge in [-0.15, -0.1) is 0 Å². The Bertz CT molecular complexity index is 1090. The van der Waals surface area contributed by atoms with E-state index in [-0.39, 0.29) is 17.7 Å². The van der Waals surface area contributed by atoms with E-state index in [1.165, 1.54) is 5.56 Å². The van der Waals surface area contributed by atoms with Gasteiger partial charge in [-0.1, -0.05) is 37.3 Å². The van der Waals surface area contributed by atoms with E-state index in [9.17, 15) is 18.0 Å². The summed E-state index contributed by atoms with van der Waals surface area (Å²) >= 11 is 0. The number of benzene rings is 2. The molecule has 2 amide bonds. The minimum absolute atomic E-state index is 0.0874. The first-order chi connectivity index (χ1) is 15.0. The van der Waals surface area contributed by atoms with E-state index in [0.717, 1.165) is 30.2 Å². The van der Waals surface area contributed by atoms with Crippen LogP contribution in [0.5, 0.6) is 0 Å². The van der Waals surface area contributed by atoms with E-state index in [2.05, 4.69) is 29.0 Å². The number of hydrogen-bond acceptors (Lipinski definition) is 4. The molecule has 1 atom stereocenters. The molecule has 0 aromatic heterocycles. The van der Waals surface area contributed by atoms with Gasteiger partial charge in [0, 0.05) is 25.1 Å². The number of piperidine rings is 1. The summed E-state index contributed by atoms with van der Waals surface area (Å²) in [5.41, 5.74) is 9.30. The largest absolute Gasteiger partial charge is 0.370 e. The molecule has 2 aromatic carbocycles. The number of rotatable bonds is 7. The van der Waals surface area contributed by atoms with Crippen molar-refractivity contribution >= 4 is 27.5 Å². The fourth-order valence-corrected chi connectivity index (χ4v) is 4.80. The number of hydrogen-bond donors (Lipinski definition) is 2. The predicted octanol–water partition coefficient (Wildman–Crippen LogP) is 3.37. The number of sulfonamides is 1. The Kier molecular flexibility index (Phi) is 7.23. The van der Waals surface area contributed by atoms with Gasteiger partial charge >= 0.3 is 0 Å². The van der Waals surface area contributed by atoms with Crippen molar-refractivity contribution < 1.29 is 18.0 Å². The molecule has 32 heavy (non-hydrogen) atoms. The number of nitrogens with two attached hydrogens (primary N) is 1. The molecule has 8 heteroatoms. The zero-order valence-corrected chi connectivity index (χ0v) is 19.6. The minimum atomic E-state index is -3.42. The second-order valence-electron chi connectivity index (χ2n) is 8.71. The molecular weight excluding hydrogens is 426 g/mol. The number of carbonyl (C=O) groups excluding carboxylic acids is 2. The van der Waals surface area contributed by atoms with Crippen LogP contribution in [0.2, 0.25) is 0 Å². The van der Waals surface area contributed by atoms with Crippen molar-refractivity contribution in [2.45, 2.75) is 44.9 Å². The highest BCUT2D eigenvalue weighted by Gasteiger charge is 2.25. The first-order valence-corrected chi connectivity index (χ1v) is 12.7. The van der Waals surface area contributed by atoms with Crippen molar-refractivity contribution in [2.24, 2.45) is 5.73 Å². The summed E-state index contributed by atoms with van der Waals surface area (Å²) < 4.78 is 25.6. The number of nitrogens with one attached hydrogen (secondary N) is 1. The van der Waals surface area contributed by atoms with Gasteiger partial charge in [-0.25, -0.2) is 8.42 Å². The predicted molar refractivity (Wildman–Crippen MR) is 126 cm³/mol. The lowest BCUT2D eigenvalue weighted by Crippen LogP contribution is -2.38. The number of nitrogens with zero attached hydrogens (tertiary/aromatic N) is 1. The Morgan fingerprint density at radius 3 is 2.31 bits per heavy atom. The maximum Gasteiger partial charge on any atom is 0.253 e. The number of amides is 2. The molecule has 1 aliphatic heterocycles. The van der Waals surface area contributed by atoms with Crippen LogP contribution >= 0.6 is 0 Å². The minimum Gasteiger partial charge on any atom is -0.370 e. The Labute approximate surface area is 190 Å². The van der Waals surface area contributed by atoms with E-state index < -0.39 is 10.0 Å². The van der Waals surface area contributed by atoms with Crippen molar-refractivity contribution in [1.82, 2.24) is 4.90 Å². The molecule has 1 fully saturated rings. The second kappa shape index (κ2) is 9.73. The molecule has 7 nitrogen and oxygen atoms in total. The maximum absolute atomic E-state index is 13.0. The zero-order valence-electron chi connectivity index (χ0n) is 18.8. The molecule has 1 heterocycles. The molecule has 1 aliphatic rings. The fourth-order valence-electron chi connectivity index (χ4n) is 4.18. The summed E-state index contributed by atoms with van der Waals surface area (Å²) in [7, 11) is -3.42. The van der Waals surface area contributed by atoms with Crippen LogP contribution in [0.4, 0.5) is 5.69 Å². The molecular formula is C24H31N3O4S. The molecule has 0 aliphatic carbocycles. The van der Waals surface area contributed by atoms with E-state index in [4.69, 9.17) is 5.73 Å². The topological polar surface area (TPSA) is 110 Å². The van der Waals surface area contributed by atoms with Gasteiger partial charge in [0.2, 0.25) is 15.9 Å². The van der Waals surface area contributed by atoms with Crippen molar-refractivity contribution in [2.75, 3.05) is 24.1 Å². The third-order valence-electron chi connectivity index (χ3n) is 6.05. The normalized spacial score (nSPS) is 15.9. The van der Waals surface area contributed by atoms with Gasteiger partial charge in [0.1, 0.15) is 0 Å². The van der Waals surface area contributed by atoms with Crippen molar-refractivity contribution in [3.63, 3.8) is 0 Å². The molecule has 1 saturated heterocycles. The van der Waals surface area contributed by atoms with Gasteiger partial charge in [0.15, 0.2) is 0 Å². The Morgan fingerprint density at radius 1 is 1.12 bits per heavy atom. The van der Waals surface area contributed by atoms with E-state index in [0.29, 0.717) is 36.7 Å². The SMILES string of the molecule is Cc1ccc(C(=O)N2CCC(c3ccc(C(C)CC(N)=O)cc3)CC2)cc1NS(C)(=O)=O. The third-order valence-corrected chi connectivity index (χ3v) is 6.64. The van der Waals surface area contributed by atoms with Gasteiger partial charge < -0.3 is 10.6 Å². The van der Waals surface area contributed by atoms with Crippen LogP contribution in [0.15, 0.2) is 42.5 Å². The van der Waals surface area contributed by atoms with Gasteiger partial charge in [-0.2, -0.15) is 0 Å². The van der Waals surface area contributed by atoms with Crippen LogP contribution in [0, 0.1) is 6.92 Å². The Balaban J connectivity index is 1.63. The number of primary amides is 1. The fraction of sp³-hybridized carbons (Fsp3) is 0.417. The quantitative estimate of drug-likeness (QED) is 0.664. The number of likely N-dealkylation sites (tertiary alicyclic amines) is 1. The van der Waals surface area contributed by atoms with Gasteiger partial charge in [0.25, 0.3) is 5.91 Å². The van der Waals surface area contributed by atoms with Gasteiger partial charge in [0.05, 0.1) is 11.9 Å². The number of aryl methyl sites for hydroxylation is 1. The summed E-state index contributed by atoms with van der Waals surface area (Å²) in [5, 5.41) is 0. The van der Waals surface area contributed by atoms with E-state index >= 15 is 0 Å². The Hall–Kier alpha value is -2.87. The summed E-state index contributed by atoms with van der Waals surface area (Å²) in [5.74, 6) is 0.0830. The standard InChI is InChI=1S/C24H31N3O4S/c1-16-4-5-21(15-22(16)26-32(3,30)31)24(29)27-12-10-20(11-13-27)19-8-6-18(7-9-19)17(2)14-23(25)28/h4-9,15,17,20,26H,10-14H2,1-3H3,(H2,25,28). The molecule has 172 valence electrons. The lowest BCUT2D eigenvalue weighted by Gasteiger charge is -2.32. The van der Waals surface area contributed by atoms with Crippen LogP contribution in [0.3, 0.4) is 0 Å². The monoisotopic (exact) mass is 457 g/mol. The average molecular weight is 458 g/mol. The summed E-state index contributed by atoms with van der Waals surface area (Å²) in [6, 6.07) is 13.4. The zero-order chi connectivity index (χ0) is 23.5. The highest BCUT2D eigenvalue weighted by Crippen LogP contribution is 2.30. The third kappa shape index (κ3) is 6.09. The number of carbonyl (C=O) groups is 2. The van der Waals surface area contributed by atoms with Crippen molar-refractivity contribution in [3.05, 3.63) is 64.7 Å².